The molecule has 0 aliphatic carbocycles. The highest BCUT2D eigenvalue weighted by Gasteiger charge is 2.23. The minimum atomic E-state index is -0.285. The lowest BCUT2D eigenvalue weighted by molar-refractivity contribution is -0.137. The second kappa shape index (κ2) is 10.0. The van der Waals surface area contributed by atoms with Crippen molar-refractivity contribution >= 4 is 23.3 Å². The highest BCUT2D eigenvalue weighted by atomic mass is 16.5. The Balaban J connectivity index is 1.59. The number of anilines is 2. The summed E-state index contributed by atoms with van der Waals surface area (Å²) in [5.74, 6) is -0.0396. The van der Waals surface area contributed by atoms with Crippen molar-refractivity contribution in [3.8, 4) is 0 Å². The lowest BCUT2D eigenvalue weighted by atomic mass is 9.97. The minimum absolute atomic E-state index is 0.0396. The van der Waals surface area contributed by atoms with E-state index in [0.29, 0.717) is 32.7 Å². The largest absolute Gasteiger partial charge is 0.382 e. The van der Waals surface area contributed by atoms with Crippen molar-refractivity contribution in [1.82, 2.24) is 4.90 Å². The molecule has 0 aromatic heterocycles. The van der Waals surface area contributed by atoms with Crippen LogP contribution in [0.3, 0.4) is 0 Å². The normalized spacial score (nSPS) is 13.0. The summed E-state index contributed by atoms with van der Waals surface area (Å²) in [6, 6.07) is 13.1. The van der Waals surface area contributed by atoms with Crippen LogP contribution >= 0.6 is 0 Å². The van der Waals surface area contributed by atoms with E-state index in [0.717, 1.165) is 28.1 Å². The molecular weight excluding hydrogens is 370 g/mol. The summed E-state index contributed by atoms with van der Waals surface area (Å²) in [4.78, 5) is 26.5. The predicted octanol–water partition coefficient (Wildman–Crippen LogP) is 3.19. The first-order chi connectivity index (χ1) is 14.1. The summed E-state index contributed by atoms with van der Waals surface area (Å²) in [5, 5.41) is 5.78. The van der Waals surface area contributed by atoms with E-state index in [-0.39, 0.29) is 18.5 Å². The van der Waals surface area contributed by atoms with E-state index in [4.69, 9.17) is 9.47 Å². The van der Waals surface area contributed by atoms with Gasteiger partial charge in [-0.3, -0.25) is 4.79 Å². The lowest BCUT2D eigenvalue weighted by Gasteiger charge is -2.30. The number of carbonyl (C=O) groups excluding carboxylic acids is 2. The monoisotopic (exact) mass is 397 g/mol. The molecule has 0 saturated carbocycles. The molecule has 7 nitrogen and oxygen atoms in total. The fraction of sp³-hybridized carbons (Fsp3) is 0.364. The molecule has 0 spiro atoms. The van der Waals surface area contributed by atoms with Gasteiger partial charge in [0.25, 0.3) is 0 Å². The number of amides is 3. The zero-order chi connectivity index (χ0) is 20.6. The van der Waals surface area contributed by atoms with Gasteiger partial charge in [0.2, 0.25) is 5.91 Å². The third-order valence-corrected chi connectivity index (χ3v) is 4.83. The van der Waals surface area contributed by atoms with E-state index in [9.17, 15) is 9.59 Å². The maximum Gasteiger partial charge on any atom is 0.323 e. The molecule has 1 heterocycles. The zero-order valence-electron chi connectivity index (χ0n) is 16.9. The standard InChI is InChI=1S/C22H27N3O4/c1-16-6-8-18(9-7-16)23-22(27)24-20-5-3-4-17-14-25(11-10-19(17)20)21(26)15-29-13-12-28-2/h3-9H,10-15H2,1-2H3,(H2,23,24,27). The number of hydrogen-bond donors (Lipinski definition) is 2. The van der Waals surface area contributed by atoms with Gasteiger partial charge in [-0.05, 0) is 42.7 Å². The maximum absolute atomic E-state index is 12.4. The fourth-order valence-electron chi connectivity index (χ4n) is 3.25. The number of nitrogens with one attached hydrogen (secondary N) is 2. The van der Waals surface area contributed by atoms with Gasteiger partial charge in [0, 0.05) is 31.6 Å². The van der Waals surface area contributed by atoms with Crippen molar-refractivity contribution in [2.24, 2.45) is 0 Å². The minimum Gasteiger partial charge on any atom is -0.382 e. The topological polar surface area (TPSA) is 79.9 Å². The zero-order valence-corrected chi connectivity index (χ0v) is 16.9. The molecule has 154 valence electrons. The number of ether oxygens (including phenoxy) is 2. The maximum atomic E-state index is 12.4. The van der Waals surface area contributed by atoms with Gasteiger partial charge < -0.3 is 25.0 Å². The third-order valence-electron chi connectivity index (χ3n) is 4.83. The van der Waals surface area contributed by atoms with Crippen LogP contribution in [-0.2, 0) is 27.2 Å². The summed E-state index contributed by atoms with van der Waals surface area (Å²) < 4.78 is 10.2. The first-order valence-corrected chi connectivity index (χ1v) is 9.66. The number of methoxy groups -OCH3 is 1. The van der Waals surface area contributed by atoms with Crippen LogP contribution < -0.4 is 10.6 Å². The molecule has 29 heavy (non-hydrogen) atoms. The highest BCUT2D eigenvalue weighted by molar-refractivity contribution is 6.00. The number of fused-ring (bicyclic) bond motifs is 1. The average molecular weight is 397 g/mol. The molecule has 0 unspecified atom stereocenters. The Morgan fingerprint density at radius 1 is 1.07 bits per heavy atom. The third kappa shape index (κ3) is 5.79. The Morgan fingerprint density at radius 2 is 1.86 bits per heavy atom. The van der Waals surface area contributed by atoms with Crippen molar-refractivity contribution in [3.63, 3.8) is 0 Å². The van der Waals surface area contributed by atoms with E-state index in [2.05, 4.69) is 10.6 Å². The second-order valence-corrected chi connectivity index (χ2v) is 7.00. The number of rotatable bonds is 7. The number of aryl methyl sites for hydroxylation is 1. The molecule has 0 radical (unpaired) electrons. The number of urea groups is 1. The number of carbonyl (C=O) groups is 2. The molecular formula is C22H27N3O4. The SMILES string of the molecule is COCCOCC(=O)N1CCc2c(cccc2NC(=O)Nc2ccc(C)cc2)C1. The van der Waals surface area contributed by atoms with Gasteiger partial charge in [-0.2, -0.15) is 0 Å². The summed E-state index contributed by atoms with van der Waals surface area (Å²) >= 11 is 0. The lowest BCUT2D eigenvalue weighted by Crippen LogP contribution is -2.38. The molecule has 0 saturated heterocycles. The van der Waals surface area contributed by atoms with Crippen LogP contribution in [0.1, 0.15) is 16.7 Å². The smallest absolute Gasteiger partial charge is 0.323 e. The van der Waals surface area contributed by atoms with Gasteiger partial charge in [-0.25, -0.2) is 4.79 Å². The number of hydrogen-bond acceptors (Lipinski definition) is 4. The highest BCUT2D eigenvalue weighted by Crippen LogP contribution is 2.26. The number of nitrogens with zero attached hydrogens (tertiary/aromatic N) is 1. The van der Waals surface area contributed by atoms with Gasteiger partial charge in [-0.1, -0.05) is 29.8 Å². The van der Waals surface area contributed by atoms with Crippen LogP contribution in [0, 0.1) is 6.92 Å². The second-order valence-electron chi connectivity index (χ2n) is 7.00. The van der Waals surface area contributed by atoms with Crippen molar-refractivity contribution in [3.05, 3.63) is 59.2 Å². The molecule has 7 heteroatoms. The Bertz CT molecular complexity index is 852. The van der Waals surface area contributed by atoms with Gasteiger partial charge in [0.05, 0.1) is 13.2 Å². The average Bonchev–Trinajstić information content (AvgIpc) is 2.72. The number of benzene rings is 2. The van der Waals surface area contributed by atoms with E-state index in [1.807, 2.05) is 49.4 Å². The van der Waals surface area contributed by atoms with Crippen molar-refractivity contribution in [1.29, 1.82) is 0 Å². The summed E-state index contributed by atoms with van der Waals surface area (Å²) in [6.45, 7) is 4.02. The molecule has 0 fully saturated rings. The molecule has 0 bridgehead atoms. The van der Waals surface area contributed by atoms with Crippen LogP contribution in [0.5, 0.6) is 0 Å². The molecule has 2 aromatic rings. The van der Waals surface area contributed by atoms with Crippen LogP contribution in [0.25, 0.3) is 0 Å². The van der Waals surface area contributed by atoms with Gasteiger partial charge >= 0.3 is 6.03 Å². The van der Waals surface area contributed by atoms with Crippen LogP contribution in [0.15, 0.2) is 42.5 Å². The van der Waals surface area contributed by atoms with Gasteiger partial charge in [0.15, 0.2) is 0 Å². The quantitative estimate of drug-likeness (QED) is 0.703. The van der Waals surface area contributed by atoms with E-state index in [1.54, 1.807) is 12.0 Å². The van der Waals surface area contributed by atoms with Gasteiger partial charge in [0.1, 0.15) is 6.61 Å². The molecule has 2 N–H and O–H groups in total. The summed E-state index contributed by atoms with van der Waals surface area (Å²) in [6.07, 6.45) is 0.681. The van der Waals surface area contributed by atoms with E-state index < -0.39 is 0 Å². The predicted molar refractivity (Wildman–Crippen MR) is 112 cm³/mol. The van der Waals surface area contributed by atoms with Crippen LogP contribution in [0.4, 0.5) is 16.2 Å². The Labute approximate surface area is 171 Å². The first-order valence-electron chi connectivity index (χ1n) is 9.66. The Hall–Kier alpha value is -2.90. The van der Waals surface area contributed by atoms with Crippen LogP contribution in [-0.4, -0.2) is 50.3 Å². The molecule has 0 atom stereocenters. The summed E-state index contributed by atoms with van der Waals surface area (Å²) in [5.41, 5.74) is 4.75. The molecule has 1 aliphatic heterocycles. The molecule has 2 aromatic carbocycles. The fourth-order valence-corrected chi connectivity index (χ4v) is 3.25. The molecule has 3 amide bonds. The van der Waals surface area contributed by atoms with E-state index in [1.165, 1.54) is 0 Å². The Morgan fingerprint density at radius 3 is 2.62 bits per heavy atom. The van der Waals surface area contributed by atoms with Crippen molar-refractivity contribution in [2.45, 2.75) is 19.9 Å². The first kappa shape index (κ1) is 20.8. The van der Waals surface area contributed by atoms with Crippen molar-refractivity contribution < 1.29 is 19.1 Å². The van der Waals surface area contributed by atoms with Crippen molar-refractivity contribution in [2.75, 3.05) is 44.1 Å². The molecule has 3 rings (SSSR count). The van der Waals surface area contributed by atoms with E-state index >= 15 is 0 Å². The van der Waals surface area contributed by atoms with Gasteiger partial charge in [-0.15, -0.1) is 0 Å². The molecule has 1 aliphatic rings. The summed E-state index contributed by atoms with van der Waals surface area (Å²) in [7, 11) is 1.60. The van der Waals surface area contributed by atoms with Crippen LogP contribution in [0.2, 0.25) is 0 Å². The Kier molecular flexibility index (Phi) is 7.21.